The first-order valence-electron chi connectivity index (χ1n) is 3.09. The Labute approximate surface area is 74.8 Å². The van der Waals surface area contributed by atoms with Crippen LogP contribution in [0.25, 0.3) is 6.08 Å². The molecule has 0 aliphatic rings. The van der Waals surface area contributed by atoms with Gasteiger partial charge in [0.05, 0.1) is 17.3 Å². The average molecular weight is 183 g/mol. The normalized spacial score (nSPS) is 10.3. The number of hydrogen-bond donors (Lipinski definition) is 0. The number of nitro groups is 1. The largest absolute Gasteiger partial charge is 0.465 e. The summed E-state index contributed by atoms with van der Waals surface area (Å²) in [5, 5.41) is 10.1. The van der Waals surface area contributed by atoms with Crippen LogP contribution >= 0.6 is 0 Å². The fourth-order valence-electron chi connectivity index (χ4n) is 0.649. The Balaban J connectivity index is 0.00000144. The van der Waals surface area contributed by atoms with E-state index in [1.54, 1.807) is 6.07 Å². The van der Waals surface area contributed by atoms with Crippen molar-refractivity contribution in [3.8, 4) is 0 Å². The Morgan fingerprint density at radius 2 is 2.31 bits per heavy atom. The Morgan fingerprint density at radius 1 is 1.62 bits per heavy atom. The third-order valence-electron chi connectivity index (χ3n) is 1.16. The number of furan rings is 1. The van der Waals surface area contributed by atoms with Gasteiger partial charge >= 0.3 is 5.70 Å². The summed E-state index contributed by atoms with van der Waals surface area (Å²) in [6.45, 7) is 0. The number of aldehydes is 1. The molecule has 0 amide bonds. The van der Waals surface area contributed by atoms with E-state index in [1.165, 1.54) is 12.3 Å². The zero-order valence-corrected chi connectivity index (χ0v) is 5.97. The van der Waals surface area contributed by atoms with Gasteiger partial charge in [0.2, 0.25) is 6.29 Å². The topological polar surface area (TPSA) is 73.3 Å². The molecule has 0 atom stereocenters. The van der Waals surface area contributed by atoms with Gasteiger partial charge in [0.1, 0.15) is 5.76 Å². The lowest BCUT2D eigenvalue weighted by Gasteiger charge is -1.85. The summed E-state index contributed by atoms with van der Waals surface area (Å²) in [4.78, 5) is 19.5. The van der Waals surface area contributed by atoms with Crippen molar-refractivity contribution in [2.75, 3.05) is 0 Å². The Morgan fingerprint density at radius 3 is 2.69 bits per heavy atom. The van der Waals surface area contributed by atoms with Crippen molar-refractivity contribution in [2.45, 2.75) is 7.43 Å². The molecule has 1 aromatic rings. The van der Waals surface area contributed by atoms with E-state index in [2.05, 4.69) is 0 Å². The van der Waals surface area contributed by atoms with Crippen LogP contribution in [0.2, 0.25) is 0 Å². The lowest BCUT2D eigenvalue weighted by atomic mass is 10.3. The molecule has 0 saturated heterocycles. The van der Waals surface area contributed by atoms with E-state index in [4.69, 9.17) is 4.42 Å². The molecule has 5 nitrogen and oxygen atoms in total. The number of carbonyl (C=O) groups excluding carboxylic acids is 1. The lowest BCUT2D eigenvalue weighted by Crippen LogP contribution is -1.98. The highest BCUT2D eigenvalue weighted by molar-refractivity contribution is 5.77. The van der Waals surface area contributed by atoms with Crippen LogP contribution in [-0.4, -0.2) is 11.2 Å². The standard InChI is InChI=1S/C7H5NO4.CH4/c9-5-6(8(10)11)4-7-2-1-3-12-7;/h1-5H;1H4/b6-4-;. The van der Waals surface area contributed by atoms with Gasteiger partial charge in [-0.2, -0.15) is 0 Å². The molecule has 0 saturated carbocycles. The molecule has 0 aliphatic heterocycles. The van der Waals surface area contributed by atoms with Crippen molar-refractivity contribution in [1.29, 1.82) is 0 Å². The molecule has 1 rings (SSSR count). The zero-order chi connectivity index (χ0) is 8.97. The SMILES string of the molecule is C.O=C/C(=C/c1ccco1)[N+](=O)[O-]. The van der Waals surface area contributed by atoms with E-state index >= 15 is 0 Å². The van der Waals surface area contributed by atoms with E-state index in [1.807, 2.05) is 0 Å². The Hall–Kier alpha value is -1.91. The molecule has 0 radical (unpaired) electrons. The van der Waals surface area contributed by atoms with Crippen LogP contribution in [0.15, 0.2) is 28.5 Å². The first-order chi connectivity index (χ1) is 5.74. The van der Waals surface area contributed by atoms with Crippen LogP contribution < -0.4 is 0 Å². The van der Waals surface area contributed by atoms with Gasteiger partial charge in [0, 0.05) is 0 Å². The quantitative estimate of drug-likeness (QED) is 0.309. The minimum atomic E-state index is -0.768. The third-order valence-corrected chi connectivity index (χ3v) is 1.16. The minimum Gasteiger partial charge on any atom is -0.465 e. The van der Waals surface area contributed by atoms with Gasteiger partial charge in [-0.1, -0.05) is 7.43 Å². The van der Waals surface area contributed by atoms with Crippen molar-refractivity contribution < 1.29 is 14.1 Å². The monoisotopic (exact) mass is 183 g/mol. The number of allylic oxidation sites excluding steroid dienone is 1. The highest BCUT2D eigenvalue weighted by Gasteiger charge is 2.08. The highest BCUT2D eigenvalue weighted by atomic mass is 16.6. The molecule has 0 unspecified atom stereocenters. The Bertz CT molecular complexity index is 313. The molecule has 70 valence electrons. The van der Waals surface area contributed by atoms with Crippen LogP contribution in [0.5, 0.6) is 0 Å². The van der Waals surface area contributed by atoms with Gasteiger partial charge in [-0.3, -0.25) is 14.9 Å². The molecule has 0 bridgehead atoms. The first-order valence-corrected chi connectivity index (χ1v) is 3.09. The van der Waals surface area contributed by atoms with Gasteiger partial charge in [-0.05, 0) is 12.1 Å². The maximum Gasteiger partial charge on any atom is 0.312 e. The summed E-state index contributed by atoms with van der Waals surface area (Å²) in [5.41, 5.74) is -0.523. The number of carbonyl (C=O) groups is 1. The Kier molecular flexibility index (Phi) is 4.15. The maximum absolute atomic E-state index is 10.1. The summed E-state index contributed by atoms with van der Waals surface area (Å²) in [5.74, 6) is 0.286. The molecular weight excluding hydrogens is 174 g/mol. The van der Waals surface area contributed by atoms with Crippen molar-refractivity contribution >= 4 is 12.4 Å². The smallest absolute Gasteiger partial charge is 0.312 e. The predicted molar refractivity (Wildman–Crippen MR) is 46.5 cm³/mol. The lowest BCUT2D eigenvalue weighted by molar-refractivity contribution is -0.415. The number of rotatable bonds is 3. The van der Waals surface area contributed by atoms with Crippen molar-refractivity contribution in [1.82, 2.24) is 0 Å². The second-order valence-electron chi connectivity index (χ2n) is 1.96. The van der Waals surface area contributed by atoms with Crippen LogP contribution in [0.3, 0.4) is 0 Å². The van der Waals surface area contributed by atoms with Crippen LogP contribution in [0.1, 0.15) is 13.2 Å². The molecule has 0 fully saturated rings. The van der Waals surface area contributed by atoms with Gasteiger partial charge in [0.25, 0.3) is 0 Å². The van der Waals surface area contributed by atoms with E-state index in [9.17, 15) is 14.9 Å². The van der Waals surface area contributed by atoms with Crippen LogP contribution in [0.4, 0.5) is 0 Å². The second-order valence-corrected chi connectivity index (χ2v) is 1.96. The highest BCUT2D eigenvalue weighted by Crippen LogP contribution is 2.05. The van der Waals surface area contributed by atoms with Crippen LogP contribution in [-0.2, 0) is 4.79 Å². The fourth-order valence-corrected chi connectivity index (χ4v) is 0.649. The summed E-state index contributed by atoms with van der Waals surface area (Å²) in [6.07, 6.45) is 2.60. The predicted octanol–water partition coefficient (Wildman–Crippen LogP) is 1.73. The first kappa shape index (κ1) is 11.1. The second kappa shape index (κ2) is 4.87. The summed E-state index contributed by atoms with van der Waals surface area (Å²) in [6, 6.07) is 3.10. The molecule has 0 N–H and O–H groups in total. The molecule has 1 aromatic heterocycles. The number of nitrogens with zero attached hydrogens (tertiary/aromatic N) is 1. The van der Waals surface area contributed by atoms with Crippen LogP contribution in [0, 0.1) is 10.1 Å². The molecule has 0 aromatic carbocycles. The summed E-state index contributed by atoms with van der Waals surface area (Å²) in [7, 11) is 0. The maximum atomic E-state index is 10.1. The summed E-state index contributed by atoms with van der Waals surface area (Å²) < 4.78 is 4.78. The van der Waals surface area contributed by atoms with E-state index < -0.39 is 10.6 Å². The molecular formula is C8H9NO4. The van der Waals surface area contributed by atoms with Crippen molar-refractivity contribution in [3.05, 3.63) is 40.0 Å². The molecule has 5 heteroatoms. The summed E-state index contributed by atoms with van der Waals surface area (Å²) >= 11 is 0. The fraction of sp³-hybridized carbons (Fsp3) is 0.125. The van der Waals surface area contributed by atoms with Gasteiger partial charge < -0.3 is 4.42 Å². The van der Waals surface area contributed by atoms with E-state index in [0.717, 1.165) is 6.08 Å². The van der Waals surface area contributed by atoms with E-state index in [0.29, 0.717) is 0 Å². The molecule has 13 heavy (non-hydrogen) atoms. The molecule has 0 spiro atoms. The minimum absolute atomic E-state index is 0. The molecule has 0 aliphatic carbocycles. The third kappa shape index (κ3) is 2.90. The average Bonchev–Trinajstić information content (AvgIpc) is 2.51. The van der Waals surface area contributed by atoms with Gasteiger partial charge in [0.15, 0.2) is 0 Å². The number of hydrogen-bond acceptors (Lipinski definition) is 4. The van der Waals surface area contributed by atoms with Gasteiger partial charge in [-0.25, -0.2) is 0 Å². The van der Waals surface area contributed by atoms with Crippen molar-refractivity contribution in [3.63, 3.8) is 0 Å². The molecule has 1 heterocycles. The van der Waals surface area contributed by atoms with E-state index in [-0.39, 0.29) is 19.5 Å². The zero-order valence-electron chi connectivity index (χ0n) is 5.97. The van der Waals surface area contributed by atoms with Crippen molar-refractivity contribution in [2.24, 2.45) is 0 Å². The van der Waals surface area contributed by atoms with Gasteiger partial charge in [-0.15, -0.1) is 0 Å².